The Balaban J connectivity index is 1.41. The lowest BCUT2D eigenvalue weighted by Gasteiger charge is -2.34. The topological polar surface area (TPSA) is 110 Å². The summed E-state index contributed by atoms with van der Waals surface area (Å²) in [5.74, 6) is 0.556. The lowest BCUT2D eigenvalue weighted by Crippen LogP contribution is -2.48. The lowest BCUT2D eigenvalue weighted by molar-refractivity contribution is -0.385. The minimum atomic E-state index is -0.457. The molecule has 0 N–H and O–H groups in total. The molecule has 1 aliphatic heterocycles. The second-order valence-corrected chi connectivity index (χ2v) is 7.12. The number of piperazine rings is 1. The van der Waals surface area contributed by atoms with Crippen molar-refractivity contribution in [3.8, 4) is 5.69 Å². The van der Waals surface area contributed by atoms with Gasteiger partial charge in [0, 0.05) is 43.4 Å². The molecular weight excluding hydrogens is 386 g/mol. The molecule has 154 valence electrons. The second-order valence-electron chi connectivity index (χ2n) is 7.12. The van der Waals surface area contributed by atoms with Crippen molar-refractivity contribution in [1.82, 2.24) is 30.0 Å². The molecule has 1 aromatic heterocycles. The van der Waals surface area contributed by atoms with Crippen LogP contribution in [-0.2, 0) is 6.54 Å². The van der Waals surface area contributed by atoms with Gasteiger partial charge in [0.25, 0.3) is 11.6 Å². The number of tetrazole rings is 1. The molecule has 3 aromatic rings. The molecule has 10 nitrogen and oxygen atoms in total. The average Bonchev–Trinajstić information content (AvgIpc) is 3.22. The fourth-order valence-corrected chi connectivity index (χ4v) is 3.61. The molecule has 4 rings (SSSR count). The Morgan fingerprint density at radius 3 is 2.50 bits per heavy atom. The number of amides is 1. The zero-order valence-corrected chi connectivity index (χ0v) is 16.5. The Hall–Kier alpha value is -3.66. The predicted molar refractivity (Wildman–Crippen MR) is 108 cm³/mol. The van der Waals surface area contributed by atoms with Crippen LogP contribution in [0.3, 0.4) is 0 Å². The molecule has 2 heterocycles. The van der Waals surface area contributed by atoms with E-state index in [0.29, 0.717) is 43.9 Å². The first-order valence-corrected chi connectivity index (χ1v) is 9.63. The first-order chi connectivity index (χ1) is 14.5. The molecule has 0 atom stereocenters. The van der Waals surface area contributed by atoms with Gasteiger partial charge in [-0.1, -0.05) is 24.3 Å². The van der Waals surface area contributed by atoms with Gasteiger partial charge in [0.15, 0.2) is 5.82 Å². The van der Waals surface area contributed by atoms with Crippen molar-refractivity contribution in [1.29, 1.82) is 0 Å². The van der Waals surface area contributed by atoms with Crippen LogP contribution in [0.25, 0.3) is 5.69 Å². The summed E-state index contributed by atoms with van der Waals surface area (Å²) >= 11 is 0. The van der Waals surface area contributed by atoms with E-state index in [1.807, 2.05) is 30.3 Å². The van der Waals surface area contributed by atoms with E-state index in [1.54, 1.807) is 28.6 Å². The minimum Gasteiger partial charge on any atom is -0.336 e. The number of hydrogen-bond acceptors (Lipinski definition) is 7. The first kappa shape index (κ1) is 19.6. The number of nitrogens with zero attached hydrogens (tertiary/aromatic N) is 7. The minimum absolute atomic E-state index is 0.0350. The molecule has 2 aromatic carbocycles. The highest BCUT2D eigenvalue weighted by molar-refractivity contribution is 5.96. The highest BCUT2D eigenvalue weighted by atomic mass is 16.6. The smallest absolute Gasteiger partial charge is 0.273 e. The maximum absolute atomic E-state index is 12.9. The average molecular weight is 407 g/mol. The maximum Gasteiger partial charge on any atom is 0.273 e. The van der Waals surface area contributed by atoms with E-state index in [0.717, 1.165) is 11.5 Å². The molecule has 30 heavy (non-hydrogen) atoms. The number of nitro benzene ring substituents is 1. The molecule has 1 fully saturated rings. The number of benzene rings is 2. The summed E-state index contributed by atoms with van der Waals surface area (Å²) in [7, 11) is 0. The highest BCUT2D eigenvalue weighted by Crippen LogP contribution is 2.23. The van der Waals surface area contributed by atoms with E-state index < -0.39 is 4.92 Å². The summed E-state index contributed by atoms with van der Waals surface area (Å²) in [4.78, 5) is 27.5. The molecule has 10 heteroatoms. The van der Waals surface area contributed by atoms with Gasteiger partial charge in [-0.3, -0.25) is 19.8 Å². The predicted octanol–water partition coefficient (Wildman–Crippen LogP) is 1.84. The van der Waals surface area contributed by atoms with Crippen LogP contribution in [0.4, 0.5) is 5.69 Å². The van der Waals surface area contributed by atoms with Crippen LogP contribution in [0.15, 0.2) is 48.5 Å². The van der Waals surface area contributed by atoms with Crippen LogP contribution in [-0.4, -0.2) is 67.0 Å². The molecule has 0 aliphatic carbocycles. The van der Waals surface area contributed by atoms with Crippen molar-refractivity contribution in [2.24, 2.45) is 0 Å². The quantitative estimate of drug-likeness (QED) is 0.469. The van der Waals surface area contributed by atoms with E-state index in [2.05, 4.69) is 20.4 Å². The number of carbonyl (C=O) groups excluding carboxylic acids is 1. The standard InChI is InChI=1S/C20H21N7O3/c1-15-17(8-5-9-18(15)27(29)30)20(28)25-12-10-24(11-13-25)14-19-21-22-23-26(19)16-6-3-2-4-7-16/h2-9H,10-14H2,1H3. The van der Waals surface area contributed by atoms with E-state index in [4.69, 9.17) is 0 Å². The highest BCUT2D eigenvalue weighted by Gasteiger charge is 2.26. The van der Waals surface area contributed by atoms with Crippen molar-refractivity contribution in [2.45, 2.75) is 13.5 Å². The summed E-state index contributed by atoms with van der Waals surface area (Å²) in [6, 6.07) is 14.3. The fourth-order valence-electron chi connectivity index (χ4n) is 3.61. The zero-order valence-electron chi connectivity index (χ0n) is 16.5. The number of nitro groups is 1. The Morgan fingerprint density at radius 1 is 1.07 bits per heavy atom. The van der Waals surface area contributed by atoms with Gasteiger partial charge in [0.05, 0.1) is 17.2 Å². The van der Waals surface area contributed by atoms with Gasteiger partial charge in [-0.2, -0.15) is 4.68 Å². The second kappa shape index (κ2) is 8.37. The van der Waals surface area contributed by atoms with Gasteiger partial charge in [-0.15, -0.1) is 5.10 Å². The molecule has 0 bridgehead atoms. The summed E-state index contributed by atoms with van der Waals surface area (Å²) in [6.07, 6.45) is 0. The Labute approximate surface area is 172 Å². The van der Waals surface area contributed by atoms with E-state index in [9.17, 15) is 14.9 Å². The van der Waals surface area contributed by atoms with Gasteiger partial charge in [-0.05, 0) is 35.5 Å². The van der Waals surface area contributed by atoms with Gasteiger partial charge in [-0.25, -0.2) is 0 Å². The summed E-state index contributed by atoms with van der Waals surface area (Å²) in [5, 5.41) is 23.2. The van der Waals surface area contributed by atoms with Crippen LogP contribution in [0.5, 0.6) is 0 Å². The number of hydrogen-bond donors (Lipinski definition) is 0. The van der Waals surface area contributed by atoms with Crippen LogP contribution >= 0.6 is 0 Å². The third-order valence-electron chi connectivity index (χ3n) is 5.29. The van der Waals surface area contributed by atoms with E-state index in [-0.39, 0.29) is 11.6 Å². The van der Waals surface area contributed by atoms with Crippen LogP contribution in [0, 0.1) is 17.0 Å². The molecule has 0 spiro atoms. The third kappa shape index (κ3) is 3.90. The summed E-state index contributed by atoms with van der Waals surface area (Å²) in [6.45, 7) is 4.59. The van der Waals surface area contributed by atoms with E-state index in [1.165, 1.54) is 6.07 Å². The van der Waals surface area contributed by atoms with Crippen molar-refractivity contribution in [2.75, 3.05) is 26.2 Å². The van der Waals surface area contributed by atoms with Gasteiger partial charge in [0.1, 0.15) is 0 Å². The van der Waals surface area contributed by atoms with Crippen LogP contribution < -0.4 is 0 Å². The van der Waals surface area contributed by atoms with Crippen molar-refractivity contribution in [3.05, 3.63) is 75.6 Å². The number of rotatable bonds is 5. The first-order valence-electron chi connectivity index (χ1n) is 9.63. The fraction of sp³-hybridized carbons (Fsp3) is 0.300. The third-order valence-corrected chi connectivity index (χ3v) is 5.29. The monoisotopic (exact) mass is 407 g/mol. The maximum atomic E-state index is 12.9. The SMILES string of the molecule is Cc1c(C(=O)N2CCN(Cc3nnnn3-c3ccccc3)CC2)cccc1[N+](=O)[O-]. The normalized spacial score (nSPS) is 14.6. The summed E-state index contributed by atoms with van der Waals surface area (Å²) in [5.41, 5.74) is 1.64. The Kier molecular flexibility index (Phi) is 5.48. The summed E-state index contributed by atoms with van der Waals surface area (Å²) < 4.78 is 1.71. The Bertz CT molecular complexity index is 1060. The van der Waals surface area contributed by atoms with Crippen LogP contribution in [0.1, 0.15) is 21.7 Å². The molecule has 1 aliphatic rings. The molecule has 0 saturated carbocycles. The van der Waals surface area contributed by atoms with Crippen LogP contribution in [0.2, 0.25) is 0 Å². The van der Waals surface area contributed by atoms with Gasteiger partial charge in [0.2, 0.25) is 0 Å². The van der Waals surface area contributed by atoms with Crippen molar-refractivity contribution >= 4 is 11.6 Å². The zero-order chi connectivity index (χ0) is 21.1. The van der Waals surface area contributed by atoms with E-state index >= 15 is 0 Å². The van der Waals surface area contributed by atoms with Crippen molar-refractivity contribution in [3.63, 3.8) is 0 Å². The molecule has 1 amide bonds. The van der Waals surface area contributed by atoms with Crippen molar-refractivity contribution < 1.29 is 9.72 Å². The van der Waals surface area contributed by atoms with Gasteiger partial charge >= 0.3 is 0 Å². The molecule has 0 radical (unpaired) electrons. The Morgan fingerprint density at radius 2 is 1.80 bits per heavy atom. The molecule has 0 unspecified atom stereocenters. The number of carbonyl (C=O) groups is 1. The lowest BCUT2D eigenvalue weighted by atomic mass is 10.1. The number of para-hydroxylation sites is 1. The largest absolute Gasteiger partial charge is 0.336 e. The molecular formula is C20H21N7O3. The van der Waals surface area contributed by atoms with Gasteiger partial charge < -0.3 is 4.90 Å². The number of aromatic nitrogens is 4. The molecule has 1 saturated heterocycles.